The highest BCUT2D eigenvalue weighted by atomic mass is 79.9. The summed E-state index contributed by atoms with van der Waals surface area (Å²) in [5.41, 5.74) is 3.60. The minimum atomic E-state index is -1.01. The number of benzene rings is 1. The number of nitrogens with one attached hydrogen (secondary N) is 1. The minimum absolute atomic E-state index is 0.0746. The van der Waals surface area contributed by atoms with Crippen LogP contribution in [0, 0.1) is 0 Å². The first-order valence-electron chi connectivity index (χ1n) is 6.07. The number of para-hydroxylation sites is 1. The third kappa shape index (κ3) is 2.20. The highest BCUT2D eigenvalue weighted by Gasteiger charge is 2.20. The molecule has 2 N–H and O–H groups in total. The molecule has 0 atom stereocenters. The molecule has 1 aromatic carbocycles. The lowest BCUT2D eigenvalue weighted by Gasteiger charge is -1.94. The number of aromatic amines is 1. The van der Waals surface area contributed by atoms with Gasteiger partial charge in [0.1, 0.15) is 0 Å². The largest absolute Gasteiger partial charge is 0.476 e. The minimum Gasteiger partial charge on any atom is -0.476 e. The lowest BCUT2D eigenvalue weighted by atomic mass is 10.2. The molecule has 100 valence electrons. The van der Waals surface area contributed by atoms with Crippen LogP contribution < -0.4 is 0 Å². The maximum Gasteiger partial charge on any atom is 0.357 e. The second-order valence-electron chi connectivity index (χ2n) is 4.45. The number of rotatable bonds is 1. The fourth-order valence-corrected chi connectivity index (χ4v) is 2.76. The lowest BCUT2D eigenvalue weighted by molar-refractivity contribution is 0.0692. The molecule has 0 radical (unpaired) electrons. The fraction of sp³-hybridized carbons (Fsp3) is 0.0667. The number of H-pyrrole nitrogens is 1. The SMILES string of the molecule is BrC1C2=CC=C1C=C2.O=C(O)c1n[nH]c2ccccc12. The smallest absolute Gasteiger partial charge is 0.357 e. The van der Waals surface area contributed by atoms with E-state index in [-0.39, 0.29) is 5.69 Å². The average molecular weight is 331 g/mol. The van der Waals surface area contributed by atoms with Crippen LogP contribution in [0.1, 0.15) is 10.5 Å². The van der Waals surface area contributed by atoms with Gasteiger partial charge in [0.05, 0.1) is 10.3 Å². The number of allylic oxidation sites excluding steroid dienone is 6. The molecule has 20 heavy (non-hydrogen) atoms. The quantitative estimate of drug-likeness (QED) is 0.787. The third-order valence-corrected chi connectivity index (χ3v) is 4.25. The third-order valence-electron chi connectivity index (χ3n) is 3.19. The summed E-state index contributed by atoms with van der Waals surface area (Å²) in [4.78, 5) is 11.1. The zero-order valence-electron chi connectivity index (χ0n) is 10.4. The fourth-order valence-electron chi connectivity index (χ4n) is 2.15. The number of carbonyl (C=O) groups is 1. The Morgan fingerprint density at radius 1 is 1.20 bits per heavy atom. The number of hydrogen-bond donors (Lipinski definition) is 2. The van der Waals surface area contributed by atoms with Crippen molar-refractivity contribution in [3.8, 4) is 0 Å². The van der Waals surface area contributed by atoms with E-state index < -0.39 is 5.97 Å². The van der Waals surface area contributed by atoms with E-state index in [1.807, 2.05) is 6.07 Å². The second kappa shape index (κ2) is 5.09. The van der Waals surface area contributed by atoms with Crippen LogP contribution in [0.3, 0.4) is 0 Å². The molecule has 0 aliphatic heterocycles. The molecule has 1 heterocycles. The van der Waals surface area contributed by atoms with Gasteiger partial charge in [-0.25, -0.2) is 4.79 Å². The van der Waals surface area contributed by atoms with Gasteiger partial charge in [-0.3, -0.25) is 5.10 Å². The Kier molecular flexibility index (Phi) is 3.28. The van der Waals surface area contributed by atoms with E-state index in [0.29, 0.717) is 10.2 Å². The predicted octanol–water partition coefficient (Wildman–Crippen LogP) is 3.45. The van der Waals surface area contributed by atoms with Crippen molar-refractivity contribution in [1.29, 1.82) is 0 Å². The van der Waals surface area contributed by atoms with E-state index in [4.69, 9.17) is 5.11 Å². The summed E-state index contributed by atoms with van der Waals surface area (Å²) in [6.07, 6.45) is 8.59. The van der Waals surface area contributed by atoms with Gasteiger partial charge in [0.25, 0.3) is 0 Å². The maximum absolute atomic E-state index is 10.6. The molecule has 0 spiro atoms. The van der Waals surface area contributed by atoms with Crippen molar-refractivity contribution < 1.29 is 9.90 Å². The number of aromatic carboxylic acids is 1. The number of carboxylic acid groups (broad SMARTS) is 1. The van der Waals surface area contributed by atoms with Gasteiger partial charge in [0, 0.05) is 5.39 Å². The average Bonchev–Trinajstić information content (AvgIpc) is 3.14. The highest BCUT2D eigenvalue weighted by Crippen LogP contribution is 2.34. The van der Waals surface area contributed by atoms with E-state index in [0.717, 1.165) is 5.52 Å². The van der Waals surface area contributed by atoms with E-state index in [9.17, 15) is 4.79 Å². The molecule has 2 aromatic rings. The Hall–Kier alpha value is -2.14. The van der Waals surface area contributed by atoms with Crippen LogP contribution in [0.4, 0.5) is 0 Å². The molecule has 4 rings (SSSR count). The molecule has 0 amide bonds. The highest BCUT2D eigenvalue weighted by molar-refractivity contribution is 9.09. The molecular formula is C15H11BrN2O2. The maximum atomic E-state index is 10.6. The van der Waals surface area contributed by atoms with Gasteiger partial charge in [0.2, 0.25) is 0 Å². The van der Waals surface area contributed by atoms with Gasteiger partial charge in [-0.15, -0.1) is 0 Å². The number of halogens is 1. The summed E-state index contributed by atoms with van der Waals surface area (Å²) >= 11 is 3.53. The van der Waals surface area contributed by atoms with Crippen molar-refractivity contribution in [1.82, 2.24) is 10.2 Å². The van der Waals surface area contributed by atoms with Crippen molar-refractivity contribution in [3.63, 3.8) is 0 Å². The van der Waals surface area contributed by atoms with E-state index in [1.165, 1.54) is 11.1 Å². The van der Waals surface area contributed by atoms with Gasteiger partial charge < -0.3 is 5.11 Å². The number of nitrogens with zero attached hydrogens (tertiary/aromatic N) is 1. The van der Waals surface area contributed by atoms with E-state index in [1.54, 1.807) is 18.2 Å². The summed E-state index contributed by atoms with van der Waals surface area (Å²) in [6, 6.07) is 7.12. The predicted molar refractivity (Wildman–Crippen MR) is 81.1 cm³/mol. The molecule has 0 saturated heterocycles. The summed E-state index contributed by atoms with van der Waals surface area (Å²) in [5.74, 6) is -1.01. The first-order chi connectivity index (χ1) is 9.66. The van der Waals surface area contributed by atoms with Crippen molar-refractivity contribution in [2.75, 3.05) is 0 Å². The Morgan fingerprint density at radius 3 is 2.35 bits per heavy atom. The molecule has 1 aromatic heterocycles. The summed E-state index contributed by atoms with van der Waals surface area (Å²) < 4.78 is 0. The lowest BCUT2D eigenvalue weighted by Crippen LogP contribution is -1.96. The first kappa shape index (κ1) is 12.9. The molecule has 5 heteroatoms. The van der Waals surface area contributed by atoms with Gasteiger partial charge in [-0.2, -0.15) is 5.10 Å². The van der Waals surface area contributed by atoms with E-state index in [2.05, 4.69) is 50.4 Å². The van der Waals surface area contributed by atoms with Crippen LogP contribution in [0.15, 0.2) is 59.7 Å². The van der Waals surface area contributed by atoms with Crippen molar-refractivity contribution in [3.05, 3.63) is 65.4 Å². The number of alkyl halides is 1. The second-order valence-corrected chi connectivity index (χ2v) is 5.37. The van der Waals surface area contributed by atoms with Crippen LogP contribution in [0.25, 0.3) is 10.9 Å². The molecule has 2 bridgehead atoms. The Balaban J connectivity index is 0.000000131. The molecular weight excluding hydrogens is 320 g/mol. The monoisotopic (exact) mass is 330 g/mol. The van der Waals surface area contributed by atoms with Crippen LogP contribution in [-0.2, 0) is 0 Å². The van der Waals surface area contributed by atoms with Crippen molar-refractivity contribution >= 4 is 32.8 Å². The summed E-state index contributed by atoms with van der Waals surface area (Å²) in [7, 11) is 0. The van der Waals surface area contributed by atoms with Gasteiger partial charge in [-0.1, -0.05) is 58.4 Å². The topological polar surface area (TPSA) is 66.0 Å². The molecule has 2 aliphatic rings. The number of carboxylic acids is 1. The Bertz CT molecular complexity index is 749. The van der Waals surface area contributed by atoms with Crippen LogP contribution in [-0.4, -0.2) is 26.1 Å². The Morgan fingerprint density at radius 2 is 1.85 bits per heavy atom. The normalized spacial score (nSPS) is 15.8. The van der Waals surface area contributed by atoms with Crippen LogP contribution in [0.5, 0.6) is 0 Å². The molecule has 0 unspecified atom stereocenters. The van der Waals surface area contributed by atoms with Gasteiger partial charge in [-0.05, 0) is 17.2 Å². The van der Waals surface area contributed by atoms with Crippen molar-refractivity contribution in [2.45, 2.75) is 4.83 Å². The molecule has 0 saturated carbocycles. The Labute approximate surface area is 123 Å². The van der Waals surface area contributed by atoms with Crippen molar-refractivity contribution in [2.24, 2.45) is 0 Å². The van der Waals surface area contributed by atoms with Gasteiger partial charge in [0.15, 0.2) is 5.69 Å². The van der Waals surface area contributed by atoms with E-state index >= 15 is 0 Å². The summed E-state index contributed by atoms with van der Waals surface area (Å²) in [5, 5.41) is 15.6. The van der Waals surface area contributed by atoms with Gasteiger partial charge >= 0.3 is 5.97 Å². The molecule has 0 fully saturated rings. The summed E-state index contributed by atoms with van der Waals surface area (Å²) in [6.45, 7) is 0. The molecule has 2 aliphatic carbocycles. The molecule has 4 nitrogen and oxygen atoms in total. The number of aromatic nitrogens is 2. The van der Waals surface area contributed by atoms with Crippen LogP contribution in [0.2, 0.25) is 0 Å². The first-order valence-corrected chi connectivity index (χ1v) is 6.98. The standard InChI is InChI=1S/C8H6N2O2.C7H5Br/c11-8(12)7-5-3-1-2-4-6(5)9-10-7;8-7-5-1-2-6(7)4-3-5/h1-4H,(H,9,10)(H,11,12);1-4,7H. The van der Waals surface area contributed by atoms with Crippen LogP contribution >= 0.6 is 15.9 Å². The zero-order chi connectivity index (χ0) is 14.1. The number of hydrogen-bond acceptors (Lipinski definition) is 2. The zero-order valence-corrected chi connectivity index (χ0v) is 12.0. The number of fused-ring (bicyclic) bond motifs is 3.